The van der Waals surface area contributed by atoms with Crippen LogP contribution in [0.15, 0.2) is 23.1 Å². The van der Waals surface area contributed by atoms with Crippen LogP contribution >= 0.6 is 0 Å². The summed E-state index contributed by atoms with van der Waals surface area (Å²) >= 11 is 0. The van der Waals surface area contributed by atoms with E-state index in [4.69, 9.17) is 0 Å². The lowest BCUT2D eigenvalue weighted by atomic mass is 10.2. The quantitative estimate of drug-likeness (QED) is 0.858. The number of sulfonamides is 1. The Morgan fingerprint density at radius 3 is 2.59 bits per heavy atom. The average Bonchev–Trinajstić information content (AvgIpc) is 2.25. The summed E-state index contributed by atoms with van der Waals surface area (Å²) in [5.74, 6) is -0.431. The number of benzene rings is 1. The molecule has 0 bridgehead atoms. The average molecular weight is 260 g/mol. The predicted octanol–water partition coefficient (Wildman–Crippen LogP) is 0.974. The Bertz CT molecular complexity index is 488. The first-order valence-corrected chi connectivity index (χ1v) is 6.70. The van der Waals surface area contributed by atoms with Crippen molar-refractivity contribution < 1.29 is 12.8 Å². The number of hydrogen-bond donors (Lipinski definition) is 1. The molecular weight excluding hydrogens is 243 g/mol. The number of nitrogens with one attached hydrogen (secondary N) is 1. The van der Waals surface area contributed by atoms with Gasteiger partial charge in [-0.1, -0.05) is 0 Å². The molecule has 0 atom stereocenters. The van der Waals surface area contributed by atoms with Crippen molar-refractivity contribution in [1.29, 1.82) is 0 Å². The summed E-state index contributed by atoms with van der Waals surface area (Å²) in [5, 5.41) is 2.88. The van der Waals surface area contributed by atoms with Crippen molar-refractivity contribution >= 4 is 10.0 Å². The van der Waals surface area contributed by atoms with Crippen LogP contribution in [-0.2, 0) is 10.0 Å². The van der Waals surface area contributed by atoms with Crippen LogP contribution in [0.1, 0.15) is 5.56 Å². The summed E-state index contributed by atoms with van der Waals surface area (Å²) in [6.45, 7) is 2.52. The second-order valence-corrected chi connectivity index (χ2v) is 5.85. The molecule has 0 aliphatic heterocycles. The smallest absolute Gasteiger partial charge is 0.243 e. The SMILES string of the molecule is CNCCN(C)S(=O)(=O)c1ccc(F)cc1C. The topological polar surface area (TPSA) is 49.4 Å². The van der Waals surface area contributed by atoms with Gasteiger partial charge in [-0.2, -0.15) is 4.31 Å². The fourth-order valence-electron chi connectivity index (χ4n) is 1.46. The van der Waals surface area contributed by atoms with Crippen LogP contribution < -0.4 is 5.32 Å². The van der Waals surface area contributed by atoms with Crippen LogP contribution in [0.3, 0.4) is 0 Å². The molecule has 1 rings (SSSR count). The van der Waals surface area contributed by atoms with Gasteiger partial charge in [0, 0.05) is 20.1 Å². The summed E-state index contributed by atoms with van der Waals surface area (Å²) in [7, 11) is -0.269. The van der Waals surface area contributed by atoms with Crippen molar-refractivity contribution in [2.45, 2.75) is 11.8 Å². The van der Waals surface area contributed by atoms with Gasteiger partial charge in [0.1, 0.15) is 5.82 Å². The highest BCUT2D eigenvalue weighted by Crippen LogP contribution is 2.19. The van der Waals surface area contributed by atoms with Crippen molar-refractivity contribution in [1.82, 2.24) is 9.62 Å². The number of rotatable bonds is 5. The van der Waals surface area contributed by atoms with E-state index in [1.165, 1.54) is 23.5 Å². The van der Waals surface area contributed by atoms with E-state index in [0.717, 1.165) is 6.07 Å². The van der Waals surface area contributed by atoms with Gasteiger partial charge in [-0.3, -0.25) is 0 Å². The monoisotopic (exact) mass is 260 g/mol. The highest BCUT2D eigenvalue weighted by atomic mass is 32.2. The number of likely N-dealkylation sites (N-methyl/N-ethyl adjacent to an activating group) is 2. The molecule has 96 valence electrons. The zero-order valence-corrected chi connectivity index (χ0v) is 11.0. The fraction of sp³-hybridized carbons (Fsp3) is 0.455. The van der Waals surface area contributed by atoms with Crippen molar-refractivity contribution in [2.24, 2.45) is 0 Å². The molecule has 1 N–H and O–H groups in total. The normalized spacial score (nSPS) is 12.1. The van der Waals surface area contributed by atoms with Gasteiger partial charge in [0.2, 0.25) is 10.0 Å². The second kappa shape index (κ2) is 5.57. The van der Waals surface area contributed by atoms with E-state index in [-0.39, 0.29) is 4.90 Å². The van der Waals surface area contributed by atoms with Crippen LogP contribution in [0, 0.1) is 12.7 Å². The molecule has 0 saturated heterocycles. The number of hydrogen-bond acceptors (Lipinski definition) is 3. The van der Waals surface area contributed by atoms with Crippen LogP contribution in [0.25, 0.3) is 0 Å². The van der Waals surface area contributed by atoms with Crippen molar-refractivity contribution in [3.63, 3.8) is 0 Å². The van der Waals surface area contributed by atoms with Crippen molar-refractivity contribution in [3.8, 4) is 0 Å². The molecule has 6 heteroatoms. The maximum atomic E-state index is 12.9. The van der Waals surface area contributed by atoms with E-state index in [2.05, 4.69) is 5.32 Å². The first kappa shape index (κ1) is 14.1. The van der Waals surface area contributed by atoms with Gasteiger partial charge < -0.3 is 5.32 Å². The molecule has 0 radical (unpaired) electrons. The Kier molecular flexibility index (Phi) is 4.62. The molecule has 0 fully saturated rings. The molecule has 1 aromatic rings. The Hall–Kier alpha value is -0.980. The maximum Gasteiger partial charge on any atom is 0.243 e. The third kappa shape index (κ3) is 3.24. The van der Waals surface area contributed by atoms with Crippen molar-refractivity contribution in [2.75, 3.05) is 27.2 Å². The lowest BCUT2D eigenvalue weighted by Gasteiger charge is -2.18. The lowest BCUT2D eigenvalue weighted by molar-refractivity contribution is 0.465. The predicted molar refractivity (Wildman–Crippen MR) is 64.9 cm³/mol. The van der Waals surface area contributed by atoms with E-state index in [9.17, 15) is 12.8 Å². The highest BCUT2D eigenvalue weighted by molar-refractivity contribution is 7.89. The number of halogens is 1. The van der Waals surface area contributed by atoms with Gasteiger partial charge in [-0.15, -0.1) is 0 Å². The largest absolute Gasteiger partial charge is 0.318 e. The van der Waals surface area contributed by atoms with E-state index in [0.29, 0.717) is 18.7 Å². The third-order valence-electron chi connectivity index (χ3n) is 2.50. The molecule has 0 unspecified atom stereocenters. The maximum absolute atomic E-state index is 12.9. The molecule has 0 amide bonds. The minimum Gasteiger partial charge on any atom is -0.318 e. The zero-order chi connectivity index (χ0) is 13.1. The standard InChI is InChI=1S/C11H17FN2O2S/c1-9-8-10(12)4-5-11(9)17(15,16)14(3)7-6-13-2/h4-5,8,13H,6-7H2,1-3H3. The number of aryl methyl sites for hydroxylation is 1. The Balaban J connectivity index is 3.04. The van der Waals surface area contributed by atoms with E-state index < -0.39 is 15.8 Å². The second-order valence-electron chi connectivity index (χ2n) is 3.84. The molecule has 0 heterocycles. The molecule has 17 heavy (non-hydrogen) atoms. The van der Waals surface area contributed by atoms with Gasteiger partial charge in [0.05, 0.1) is 4.90 Å². The first-order chi connectivity index (χ1) is 7.89. The van der Waals surface area contributed by atoms with Crippen LogP contribution in [0.5, 0.6) is 0 Å². The zero-order valence-electron chi connectivity index (χ0n) is 10.2. The minimum atomic E-state index is -3.53. The van der Waals surface area contributed by atoms with Gasteiger partial charge in [-0.25, -0.2) is 12.8 Å². The molecule has 0 aromatic heterocycles. The van der Waals surface area contributed by atoms with Gasteiger partial charge in [-0.05, 0) is 37.7 Å². The summed E-state index contributed by atoms with van der Waals surface area (Å²) in [6, 6.07) is 3.68. The van der Waals surface area contributed by atoms with E-state index >= 15 is 0 Å². The Labute approximate surface area is 101 Å². The summed E-state index contributed by atoms with van der Waals surface area (Å²) < 4.78 is 38.5. The van der Waals surface area contributed by atoms with Gasteiger partial charge in [0.25, 0.3) is 0 Å². The summed E-state index contributed by atoms with van der Waals surface area (Å²) in [5.41, 5.74) is 0.418. The molecule has 0 aliphatic rings. The summed E-state index contributed by atoms with van der Waals surface area (Å²) in [4.78, 5) is 0.150. The lowest BCUT2D eigenvalue weighted by Crippen LogP contribution is -2.33. The van der Waals surface area contributed by atoms with Gasteiger partial charge >= 0.3 is 0 Å². The minimum absolute atomic E-state index is 0.150. The molecule has 4 nitrogen and oxygen atoms in total. The Morgan fingerprint density at radius 1 is 1.41 bits per heavy atom. The van der Waals surface area contributed by atoms with E-state index in [1.54, 1.807) is 14.0 Å². The van der Waals surface area contributed by atoms with E-state index in [1.807, 2.05) is 0 Å². The molecule has 0 aliphatic carbocycles. The Morgan fingerprint density at radius 2 is 2.06 bits per heavy atom. The molecule has 0 spiro atoms. The number of nitrogens with zero attached hydrogens (tertiary/aromatic N) is 1. The van der Waals surface area contributed by atoms with Crippen LogP contribution in [0.2, 0.25) is 0 Å². The van der Waals surface area contributed by atoms with Crippen molar-refractivity contribution in [3.05, 3.63) is 29.6 Å². The van der Waals surface area contributed by atoms with Crippen LogP contribution in [-0.4, -0.2) is 39.9 Å². The van der Waals surface area contributed by atoms with Gasteiger partial charge in [0.15, 0.2) is 0 Å². The first-order valence-electron chi connectivity index (χ1n) is 5.26. The molecule has 0 saturated carbocycles. The molecular formula is C11H17FN2O2S. The van der Waals surface area contributed by atoms with Crippen LogP contribution in [0.4, 0.5) is 4.39 Å². The summed E-state index contributed by atoms with van der Waals surface area (Å²) in [6.07, 6.45) is 0. The fourth-order valence-corrected chi connectivity index (χ4v) is 2.83. The highest BCUT2D eigenvalue weighted by Gasteiger charge is 2.22. The molecule has 1 aromatic carbocycles. The third-order valence-corrected chi connectivity index (χ3v) is 4.52.